The molecule has 0 aromatic heterocycles. The fourth-order valence-electron chi connectivity index (χ4n) is 4.47. The molecule has 1 aromatic rings. The second kappa shape index (κ2) is 10.6. The first-order valence-corrected chi connectivity index (χ1v) is 12.8. The van der Waals surface area contributed by atoms with Gasteiger partial charge >= 0.3 is 0 Å². The van der Waals surface area contributed by atoms with Crippen LogP contribution in [-0.2, 0) is 14.4 Å². The predicted octanol–water partition coefficient (Wildman–Crippen LogP) is -0.537. The highest BCUT2D eigenvalue weighted by atomic mass is 32.2. The van der Waals surface area contributed by atoms with E-state index in [0.29, 0.717) is 36.7 Å². The summed E-state index contributed by atoms with van der Waals surface area (Å²) in [6.07, 6.45) is 1.33. The van der Waals surface area contributed by atoms with E-state index in [1.807, 2.05) is 31.1 Å². The molecule has 10 nitrogen and oxygen atoms in total. The lowest BCUT2D eigenvalue weighted by atomic mass is 10.0. The van der Waals surface area contributed by atoms with Gasteiger partial charge in [0.05, 0.1) is 12.6 Å². The normalized spacial score (nSPS) is 25.0. The second-order valence-corrected chi connectivity index (χ2v) is 10.0. The number of nitrogens with one attached hydrogen (secondary N) is 3. The molecular weight excluding hydrogens is 456 g/mol. The lowest BCUT2D eigenvalue weighted by Gasteiger charge is -2.42. The third-order valence-corrected chi connectivity index (χ3v) is 7.44. The van der Waals surface area contributed by atoms with Crippen LogP contribution in [0.1, 0.15) is 23.2 Å². The molecular formula is C23H32N6O4S. The molecule has 3 atom stereocenters. The summed E-state index contributed by atoms with van der Waals surface area (Å²) in [6, 6.07) is 5.48. The lowest BCUT2D eigenvalue weighted by Crippen LogP contribution is -2.65. The number of anilines is 1. The Kier molecular flexibility index (Phi) is 7.62. The molecule has 3 heterocycles. The third-order valence-electron chi connectivity index (χ3n) is 6.50. The summed E-state index contributed by atoms with van der Waals surface area (Å²) in [4.78, 5) is 57.1. The molecule has 0 saturated carbocycles. The quantitative estimate of drug-likeness (QED) is 0.510. The highest BCUT2D eigenvalue weighted by Crippen LogP contribution is 2.20. The van der Waals surface area contributed by atoms with Crippen molar-refractivity contribution in [3.05, 3.63) is 29.8 Å². The van der Waals surface area contributed by atoms with E-state index in [2.05, 4.69) is 16.0 Å². The summed E-state index contributed by atoms with van der Waals surface area (Å²) in [6.45, 7) is 1.28. The Bertz CT molecular complexity index is 934. The van der Waals surface area contributed by atoms with Gasteiger partial charge in [-0.1, -0.05) is 0 Å². The van der Waals surface area contributed by atoms with Gasteiger partial charge in [-0.2, -0.15) is 0 Å². The summed E-state index contributed by atoms with van der Waals surface area (Å²) >= 11 is 1.64. The summed E-state index contributed by atoms with van der Waals surface area (Å²) in [5.41, 5.74) is 1.52. The van der Waals surface area contributed by atoms with Gasteiger partial charge in [-0.15, -0.1) is 11.8 Å². The number of hydrogen-bond acceptors (Lipinski definition) is 7. The Labute approximate surface area is 203 Å². The van der Waals surface area contributed by atoms with Gasteiger partial charge in [-0.05, 0) is 37.1 Å². The van der Waals surface area contributed by atoms with Crippen molar-refractivity contribution in [2.75, 3.05) is 56.8 Å². The number of hydrogen-bond donors (Lipinski definition) is 3. The minimum Gasteiger partial charge on any atom is -0.378 e. The van der Waals surface area contributed by atoms with Gasteiger partial charge in [0.15, 0.2) is 0 Å². The Morgan fingerprint density at radius 3 is 2.56 bits per heavy atom. The largest absolute Gasteiger partial charge is 0.378 e. The van der Waals surface area contributed by atoms with Crippen LogP contribution in [0.25, 0.3) is 0 Å². The molecule has 3 N–H and O–H groups in total. The van der Waals surface area contributed by atoms with Crippen LogP contribution >= 0.6 is 11.8 Å². The molecule has 34 heavy (non-hydrogen) atoms. The molecule has 3 aliphatic heterocycles. The van der Waals surface area contributed by atoms with E-state index in [1.165, 1.54) is 0 Å². The van der Waals surface area contributed by atoms with Crippen LogP contribution in [-0.4, -0.2) is 103 Å². The molecule has 3 aliphatic rings. The van der Waals surface area contributed by atoms with Gasteiger partial charge in [0.2, 0.25) is 17.7 Å². The van der Waals surface area contributed by atoms with Gasteiger partial charge in [0.1, 0.15) is 12.1 Å². The number of benzene rings is 1. The third kappa shape index (κ3) is 5.30. The number of amides is 4. The molecule has 184 valence electrons. The highest BCUT2D eigenvalue weighted by Gasteiger charge is 2.41. The van der Waals surface area contributed by atoms with Crippen LogP contribution < -0.4 is 20.9 Å². The van der Waals surface area contributed by atoms with Crippen LogP contribution in [0.3, 0.4) is 0 Å². The van der Waals surface area contributed by atoms with E-state index >= 15 is 0 Å². The summed E-state index contributed by atoms with van der Waals surface area (Å²) < 4.78 is 0. The van der Waals surface area contributed by atoms with Crippen molar-refractivity contribution in [3.63, 3.8) is 0 Å². The van der Waals surface area contributed by atoms with Crippen LogP contribution in [0.15, 0.2) is 24.3 Å². The monoisotopic (exact) mass is 488 g/mol. The van der Waals surface area contributed by atoms with E-state index in [9.17, 15) is 19.2 Å². The van der Waals surface area contributed by atoms with Crippen LogP contribution in [0.5, 0.6) is 0 Å². The number of carbonyl (C=O) groups is 4. The first-order chi connectivity index (χ1) is 16.3. The first-order valence-electron chi connectivity index (χ1n) is 11.6. The van der Waals surface area contributed by atoms with Gasteiger partial charge < -0.3 is 25.3 Å². The number of thioether (sulfide) groups is 1. The van der Waals surface area contributed by atoms with Crippen molar-refractivity contribution in [1.29, 1.82) is 0 Å². The standard InChI is InChI=1S/C23H32N6O4S/c1-27(2)16-7-5-15(6-8-16)22(32)28-10-11-29(23(33)18-13-34-14-25-18)19(12-28)21(31)26-17-4-3-9-24-20(17)30/h5-8,17-19,25H,3-4,9-14H2,1-2H3,(H,24,30)(H,26,31). The summed E-state index contributed by atoms with van der Waals surface area (Å²) in [7, 11) is 3.86. The van der Waals surface area contributed by atoms with Gasteiger partial charge in [0, 0.05) is 56.6 Å². The average Bonchev–Trinajstić information content (AvgIpc) is 3.39. The molecule has 1 aromatic carbocycles. The molecule has 3 fully saturated rings. The van der Waals surface area contributed by atoms with Gasteiger partial charge in [-0.25, -0.2) is 0 Å². The molecule has 11 heteroatoms. The fraction of sp³-hybridized carbons (Fsp3) is 0.565. The molecule has 4 rings (SSSR count). The first kappa shape index (κ1) is 24.3. The second-order valence-electron chi connectivity index (χ2n) is 9.01. The Morgan fingerprint density at radius 1 is 1.15 bits per heavy atom. The average molecular weight is 489 g/mol. The fourth-order valence-corrected chi connectivity index (χ4v) is 5.40. The van der Waals surface area contributed by atoms with Crippen molar-refractivity contribution >= 4 is 41.1 Å². The van der Waals surface area contributed by atoms with Crippen molar-refractivity contribution in [2.24, 2.45) is 0 Å². The zero-order valence-electron chi connectivity index (χ0n) is 19.6. The predicted molar refractivity (Wildman–Crippen MR) is 131 cm³/mol. The van der Waals surface area contributed by atoms with Crippen molar-refractivity contribution in [1.82, 2.24) is 25.8 Å². The number of piperazine rings is 1. The minimum absolute atomic E-state index is 0.0834. The smallest absolute Gasteiger partial charge is 0.254 e. The van der Waals surface area contributed by atoms with E-state index in [1.54, 1.807) is 33.7 Å². The zero-order chi connectivity index (χ0) is 24.2. The van der Waals surface area contributed by atoms with Crippen LogP contribution in [0.4, 0.5) is 5.69 Å². The van der Waals surface area contributed by atoms with Gasteiger partial charge in [0.25, 0.3) is 5.91 Å². The van der Waals surface area contributed by atoms with Crippen LogP contribution in [0, 0.1) is 0 Å². The zero-order valence-corrected chi connectivity index (χ0v) is 20.4. The minimum atomic E-state index is -0.853. The number of rotatable bonds is 5. The Morgan fingerprint density at radius 2 is 1.91 bits per heavy atom. The van der Waals surface area contributed by atoms with E-state index < -0.39 is 18.0 Å². The number of carbonyl (C=O) groups excluding carboxylic acids is 4. The molecule has 0 spiro atoms. The van der Waals surface area contributed by atoms with Crippen molar-refractivity contribution in [2.45, 2.75) is 31.0 Å². The Balaban J connectivity index is 1.51. The molecule has 3 saturated heterocycles. The number of piperidine rings is 1. The molecule has 4 amide bonds. The van der Waals surface area contributed by atoms with Gasteiger partial charge in [-0.3, -0.25) is 24.5 Å². The summed E-state index contributed by atoms with van der Waals surface area (Å²) in [5.74, 6) is 0.408. The van der Waals surface area contributed by atoms with Crippen LogP contribution in [0.2, 0.25) is 0 Å². The summed E-state index contributed by atoms with van der Waals surface area (Å²) in [5, 5.41) is 8.75. The number of nitrogens with zero attached hydrogens (tertiary/aromatic N) is 3. The SMILES string of the molecule is CN(C)c1ccc(C(=O)N2CCN(C(=O)C3CSCN3)C(C(=O)NC3CCCNC3=O)C2)cc1. The molecule has 0 bridgehead atoms. The maximum atomic E-state index is 13.3. The van der Waals surface area contributed by atoms with Crippen molar-refractivity contribution in [3.8, 4) is 0 Å². The van der Waals surface area contributed by atoms with E-state index in [-0.39, 0.29) is 36.9 Å². The maximum Gasteiger partial charge on any atom is 0.254 e. The maximum absolute atomic E-state index is 13.3. The topological polar surface area (TPSA) is 114 Å². The molecule has 0 aliphatic carbocycles. The Hall–Kier alpha value is -2.79. The van der Waals surface area contributed by atoms with E-state index in [4.69, 9.17) is 0 Å². The highest BCUT2D eigenvalue weighted by molar-refractivity contribution is 7.99. The van der Waals surface area contributed by atoms with E-state index in [0.717, 1.165) is 12.1 Å². The molecule has 3 unspecified atom stereocenters. The molecule has 0 radical (unpaired) electrons. The van der Waals surface area contributed by atoms with Crippen molar-refractivity contribution < 1.29 is 19.2 Å². The lowest BCUT2D eigenvalue weighted by molar-refractivity contribution is -0.145.